The van der Waals surface area contributed by atoms with Crippen molar-refractivity contribution >= 4 is 0 Å². The van der Waals surface area contributed by atoms with Gasteiger partial charge in [-0.2, -0.15) is 0 Å². The second-order valence-corrected chi connectivity index (χ2v) is 6.44. The van der Waals surface area contributed by atoms with E-state index in [4.69, 9.17) is 0 Å². The Kier molecular flexibility index (Phi) is 4.12. The first-order valence-corrected chi connectivity index (χ1v) is 7.98. The van der Waals surface area contributed by atoms with E-state index in [1.54, 1.807) is 11.1 Å². The third-order valence-corrected chi connectivity index (χ3v) is 4.99. The van der Waals surface area contributed by atoms with Crippen LogP contribution in [0.3, 0.4) is 0 Å². The summed E-state index contributed by atoms with van der Waals surface area (Å²) in [5, 5.41) is 3.51. The van der Waals surface area contributed by atoms with Crippen LogP contribution in [0.4, 0.5) is 0 Å². The van der Waals surface area contributed by atoms with Crippen LogP contribution in [0.25, 0.3) is 0 Å². The number of fused-ring (bicyclic) bond motifs is 1. The third-order valence-electron chi connectivity index (χ3n) is 4.99. The van der Waals surface area contributed by atoms with Gasteiger partial charge in [-0.15, -0.1) is 0 Å². The van der Waals surface area contributed by atoms with Crippen LogP contribution in [-0.4, -0.2) is 13.1 Å². The number of hydrogen-bond acceptors (Lipinski definition) is 1. The molecule has 0 aliphatic heterocycles. The van der Waals surface area contributed by atoms with Crippen LogP contribution >= 0.6 is 0 Å². The highest BCUT2D eigenvalue weighted by molar-refractivity contribution is 5.40. The molecule has 0 bridgehead atoms. The predicted molar refractivity (Wildman–Crippen MR) is 90.0 cm³/mol. The summed E-state index contributed by atoms with van der Waals surface area (Å²) >= 11 is 0. The Labute approximate surface area is 128 Å². The van der Waals surface area contributed by atoms with Gasteiger partial charge >= 0.3 is 0 Å². The van der Waals surface area contributed by atoms with Crippen LogP contribution in [0.15, 0.2) is 42.5 Å². The maximum atomic E-state index is 3.51. The molecular formula is C20H25N. The van der Waals surface area contributed by atoms with E-state index in [1.807, 2.05) is 0 Å². The Bertz CT molecular complexity index is 629. The van der Waals surface area contributed by atoms with Gasteiger partial charge in [-0.05, 0) is 73.9 Å². The molecule has 110 valence electrons. The maximum absolute atomic E-state index is 3.51. The van der Waals surface area contributed by atoms with Crippen LogP contribution in [0.2, 0.25) is 0 Å². The quantitative estimate of drug-likeness (QED) is 0.866. The minimum absolute atomic E-state index is 0.561. The third kappa shape index (κ3) is 3.03. The summed E-state index contributed by atoms with van der Waals surface area (Å²) in [7, 11) is 2.09. The first kappa shape index (κ1) is 14.3. The average Bonchev–Trinajstić information content (AvgIpc) is 2.47. The van der Waals surface area contributed by atoms with E-state index in [-0.39, 0.29) is 0 Å². The van der Waals surface area contributed by atoms with E-state index in [0.717, 1.165) is 12.3 Å². The zero-order chi connectivity index (χ0) is 14.8. The number of benzene rings is 2. The van der Waals surface area contributed by atoms with E-state index < -0.39 is 0 Å². The van der Waals surface area contributed by atoms with E-state index in [0.29, 0.717) is 6.04 Å². The van der Waals surface area contributed by atoms with Gasteiger partial charge < -0.3 is 5.32 Å². The lowest BCUT2D eigenvalue weighted by atomic mass is 9.74. The van der Waals surface area contributed by atoms with Gasteiger partial charge in [-0.25, -0.2) is 0 Å². The lowest BCUT2D eigenvalue weighted by Gasteiger charge is -2.33. The van der Waals surface area contributed by atoms with Crippen LogP contribution in [0.5, 0.6) is 0 Å². The highest BCUT2D eigenvalue weighted by atomic mass is 14.9. The van der Waals surface area contributed by atoms with E-state index in [9.17, 15) is 0 Å². The number of aryl methyl sites for hydroxylation is 2. The number of likely N-dealkylation sites (N-methyl/N-ethyl adjacent to an activating group) is 1. The normalized spacial score (nSPS) is 18.0. The minimum atomic E-state index is 0.561. The Hall–Kier alpha value is -1.60. The fraction of sp³-hybridized carbons (Fsp3) is 0.400. The summed E-state index contributed by atoms with van der Waals surface area (Å²) in [5.74, 6) is 0.741. The molecule has 21 heavy (non-hydrogen) atoms. The summed E-state index contributed by atoms with van der Waals surface area (Å²) in [5.41, 5.74) is 7.34. The van der Waals surface area contributed by atoms with E-state index in [1.165, 1.54) is 29.5 Å². The molecule has 1 nitrogen and oxygen atoms in total. The summed E-state index contributed by atoms with van der Waals surface area (Å²) in [6, 6.07) is 16.3. The van der Waals surface area contributed by atoms with Crippen molar-refractivity contribution in [2.75, 3.05) is 7.05 Å². The second-order valence-electron chi connectivity index (χ2n) is 6.44. The van der Waals surface area contributed by atoms with Gasteiger partial charge in [0.15, 0.2) is 0 Å². The Balaban J connectivity index is 1.65. The van der Waals surface area contributed by atoms with Gasteiger partial charge in [0.25, 0.3) is 0 Å². The Morgan fingerprint density at radius 1 is 1.10 bits per heavy atom. The Morgan fingerprint density at radius 2 is 1.90 bits per heavy atom. The lowest BCUT2D eigenvalue weighted by Crippen LogP contribution is -2.32. The van der Waals surface area contributed by atoms with Crippen molar-refractivity contribution < 1.29 is 0 Å². The number of hydrogen-bond donors (Lipinski definition) is 1. The minimum Gasteiger partial charge on any atom is -0.317 e. The zero-order valence-corrected chi connectivity index (χ0v) is 13.3. The first-order valence-electron chi connectivity index (χ1n) is 7.98. The highest BCUT2D eigenvalue weighted by Crippen LogP contribution is 2.38. The topological polar surface area (TPSA) is 12.0 Å². The second kappa shape index (κ2) is 6.03. The molecule has 0 heterocycles. The standard InChI is InChI=1S/C20H25N/c1-14-8-9-16(10-15(14)2)11-19(21-3)13-18-12-17-6-4-5-7-20(17)18/h4-10,18-19,21H,11-13H2,1-3H3. The molecule has 1 aliphatic carbocycles. The van der Waals surface area contributed by atoms with Crippen LogP contribution in [-0.2, 0) is 12.8 Å². The van der Waals surface area contributed by atoms with Crippen molar-refractivity contribution in [3.63, 3.8) is 0 Å². The van der Waals surface area contributed by atoms with E-state index in [2.05, 4.69) is 68.7 Å². The molecular weight excluding hydrogens is 254 g/mol. The van der Waals surface area contributed by atoms with Crippen molar-refractivity contribution in [3.8, 4) is 0 Å². The van der Waals surface area contributed by atoms with Crippen LogP contribution < -0.4 is 5.32 Å². The summed E-state index contributed by atoms with van der Waals surface area (Å²) in [6.45, 7) is 4.38. The molecule has 2 aromatic carbocycles. The maximum Gasteiger partial charge on any atom is 0.0110 e. The van der Waals surface area contributed by atoms with Crippen LogP contribution in [0, 0.1) is 13.8 Å². The van der Waals surface area contributed by atoms with Crippen molar-refractivity contribution in [2.24, 2.45) is 0 Å². The molecule has 2 atom stereocenters. The summed E-state index contributed by atoms with van der Waals surface area (Å²) in [6.07, 6.45) is 3.61. The van der Waals surface area contributed by atoms with Crippen molar-refractivity contribution in [1.29, 1.82) is 0 Å². The van der Waals surface area contributed by atoms with Crippen molar-refractivity contribution in [3.05, 3.63) is 70.3 Å². The van der Waals surface area contributed by atoms with Crippen molar-refractivity contribution in [1.82, 2.24) is 5.32 Å². The molecule has 0 amide bonds. The monoisotopic (exact) mass is 279 g/mol. The van der Waals surface area contributed by atoms with Gasteiger partial charge in [0.1, 0.15) is 0 Å². The van der Waals surface area contributed by atoms with Crippen LogP contribution in [0.1, 0.15) is 40.2 Å². The molecule has 2 unspecified atom stereocenters. The lowest BCUT2D eigenvalue weighted by molar-refractivity contribution is 0.438. The molecule has 0 saturated heterocycles. The molecule has 0 aromatic heterocycles. The number of rotatable bonds is 5. The van der Waals surface area contributed by atoms with Gasteiger partial charge in [-0.3, -0.25) is 0 Å². The smallest absolute Gasteiger partial charge is 0.0110 e. The molecule has 0 saturated carbocycles. The van der Waals surface area contributed by atoms with E-state index >= 15 is 0 Å². The van der Waals surface area contributed by atoms with Gasteiger partial charge in [0.05, 0.1) is 0 Å². The molecule has 1 aliphatic rings. The molecule has 0 spiro atoms. The largest absolute Gasteiger partial charge is 0.317 e. The highest BCUT2D eigenvalue weighted by Gasteiger charge is 2.27. The SMILES string of the molecule is CNC(Cc1ccc(C)c(C)c1)CC1Cc2ccccc21. The summed E-state index contributed by atoms with van der Waals surface area (Å²) in [4.78, 5) is 0. The molecule has 0 fully saturated rings. The molecule has 1 heteroatoms. The summed E-state index contributed by atoms with van der Waals surface area (Å²) < 4.78 is 0. The molecule has 2 aromatic rings. The molecule has 0 radical (unpaired) electrons. The Morgan fingerprint density at radius 3 is 2.62 bits per heavy atom. The molecule has 1 N–H and O–H groups in total. The van der Waals surface area contributed by atoms with Gasteiger partial charge in [0.2, 0.25) is 0 Å². The fourth-order valence-corrected chi connectivity index (χ4v) is 3.43. The average molecular weight is 279 g/mol. The predicted octanol–water partition coefficient (Wildman–Crippen LogP) is 4.16. The number of nitrogens with one attached hydrogen (secondary N) is 1. The van der Waals surface area contributed by atoms with Gasteiger partial charge in [-0.1, -0.05) is 42.5 Å². The van der Waals surface area contributed by atoms with Gasteiger partial charge in [0, 0.05) is 6.04 Å². The first-order chi connectivity index (χ1) is 10.2. The fourth-order valence-electron chi connectivity index (χ4n) is 3.43. The van der Waals surface area contributed by atoms with Crippen molar-refractivity contribution in [2.45, 2.75) is 45.1 Å². The molecule has 3 rings (SSSR count). The zero-order valence-electron chi connectivity index (χ0n) is 13.3.